The fraction of sp³-hybridized carbons (Fsp3) is 0.222. The fourth-order valence-electron chi connectivity index (χ4n) is 2.39. The van der Waals surface area contributed by atoms with Crippen LogP contribution in [0, 0.1) is 6.92 Å². The summed E-state index contributed by atoms with van der Waals surface area (Å²) in [5.74, 6) is 0. The van der Waals surface area contributed by atoms with Crippen molar-refractivity contribution in [2.24, 2.45) is 0 Å². The van der Waals surface area contributed by atoms with Crippen LogP contribution >= 0.6 is 0 Å². The van der Waals surface area contributed by atoms with E-state index in [1.54, 1.807) is 0 Å². The lowest BCUT2D eigenvalue weighted by atomic mass is 9.92. The number of hydrogen-bond acceptors (Lipinski definition) is 0. The molecule has 0 aliphatic rings. The van der Waals surface area contributed by atoms with Gasteiger partial charge in [-0.2, -0.15) is 0 Å². The van der Waals surface area contributed by atoms with Crippen LogP contribution in [0.1, 0.15) is 30.5 Å². The molecule has 0 aliphatic carbocycles. The van der Waals surface area contributed by atoms with E-state index in [0.29, 0.717) is 0 Å². The Balaban J connectivity index is 2.67. The fourth-order valence-corrected chi connectivity index (χ4v) is 2.39. The summed E-state index contributed by atoms with van der Waals surface area (Å²) in [4.78, 5) is 0. The summed E-state index contributed by atoms with van der Waals surface area (Å²) in [7, 11) is 0. The van der Waals surface area contributed by atoms with Crippen LogP contribution in [-0.4, -0.2) is 0 Å². The molecule has 0 aromatic heterocycles. The van der Waals surface area contributed by atoms with Crippen LogP contribution in [0.15, 0.2) is 48.5 Å². The molecule has 0 N–H and O–H groups in total. The lowest BCUT2D eigenvalue weighted by Gasteiger charge is -2.13. The first-order valence-electron chi connectivity index (χ1n) is 6.58. The minimum Gasteiger partial charge on any atom is -0.0870 e. The van der Waals surface area contributed by atoms with E-state index in [-0.39, 0.29) is 0 Å². The van der Waals surface area contributed by atoms with Gasteiger partial charge in [-0.1, -0.05) is 61.5 Å². The number of allylic oxidation sites excluding steroid dienone is 1. The SMILES string of the molecule is CC=Cc1c(C)cccc1-c1ccccc1CC. The normalized spacial score (nSPS) is 11.1. The largest absolute Gasteiger partial charge is 0.0870 e. The third-order valence-corrected chi connectivity index (χ3v) is 3.35. The molecule has 0 atom stereocenters. The molecule has 0 radical (unpaired) electrons. The van der Waals surface area contributed by atoms with E-state index in [4.69, 9.17) is 0 Å². The lowest BCUT2D eigenvalue weighted by molar-refractivity contribution is 1.14. The maximum absolute atomic E-state index is 2.22. The topological polar surface area (TPSA) is 0 Å². The highest BCUT2D eigenvalue weighted by Gasteiger charge is 2.08. The van der Waals surface area contributed by atoms with Crippen LogP contribution in [0.4, 0.5) is 0 Å². The summed E-state index contributed by atoms with van der Waals surface area (Å²) in [6, 6.07) is 15.2. The molecule has 2 aromatic rings. The van der Waals surface area contributed by atoms with Crippen LogP contribution < -0.4 is 0 Å². The molecule has 2 rings (SSSR count). The summed E-state index contributed by atoms with van der Waals surface area (Å²) in [5, 5.41) is 0. The third kappa shape index (κ3) is 2.38. The average molecular weight is 236 g/mol. The van der Waals surface area contributed by atoms with Crippen molar-refractivity contribution in [3.05, 3.63) is 65.2 Å². The molecule has 18 heavy (non-hydrogen) atoms. The van der Waals surface area contributed by atoms with Gasteiger partial charge in [-0.05, 0) is 48.1 Å². The van der Waals surface area contributed by atoms with Gasteiger partial charge in [0.15, 0.2) is 0 Å². The average Bonchev–Trinajstić information content (AvgIpc) is 2.41. The molecular weight excluding hydrogens is 216 g/mol. The molecule has 0 amide bonds. The highest BCUT2D eigenvalue weighted by Crippen LogP contribution is 2.30. The molecule has 0 heteroatoms. The van der Waals surface area contributed by atoms with Gasteiger partial charge in [-0.15, -0.1) is 0 Å². The van der Waals surface area contributed by atoms with Gasteiger partial charge in [0.25, 0.3) is 0 Å². The molecule has 92 valence electrons. The van der Waals surface area contributed by atoms with Gasteiger partial charge in [0.1, 0.15) is 0 Å². The Bertz CT molecular complexity index is 562. The second-order valence-corrected chi connectivity index (χ2v) is 4.55. The zero-order valence-corrected chi connectivity index (χ0v) is 11.4. The molecule has 0 fully saturated rings. The number of hydrogen-bond donors (Lipinski definition) is 0. The second kappa shape index (κ2) is 5.68. The van der Waals surface area contributed by atoms with Crippen molar-refractivity contribution in [3.8, 4) is 11.1 Å². The van der Waals surface area contributed by atoms with Crippen molar-refractivity contribution < 1.29 is 0 Å². The minimum atomic E-state index is 1.07. The third-order valence-electron chi connectivity index (χ3n) is 3.35. The van der Waals surface area contributed by atoms with Crippen LogP contribution in [0.25, 0.3) is 17.2 Å². The summed E-state index contributed by atoms with van der Waals surface area (Å²) >= 11 is 0. The van der Waals surface area contributed by atoms with Gasteiger partial charge in [0, 0.05) is 0 Å². The predicted octanol–water partition coefficient (Wildman–Crippen LogP) is 5.26. The first kappa shape index (κ1) is 12.6. The first-order chi connectivity index (χ1) is 8.77. The van der Waals surface area contributed by atoms with Crippen molar-refractivity contribution in [1.82, 2.24) is 0 Å². The molecule has 0 spiro atoms. The Morgan fingerprint density at radius 1 is 0.944 bits per heavy atom. The van der Waals surface area contributed by atoms with Crippen molar-refractivity contribution in [2.45, 2.75) is 27.2 Å². The lowest BCUT2D eigenvalue weighted by Crippen LogP contribution is -1.91. The quantitative estimate of drug-likeness (QED) is 0.682. The maximum atomic E-state index is 2.22. The van der Waals surface area contributed by atoms with Crippen LogP contribution in [0.2, 0.25) is 0 Å². The van der Waals surface area contributed by atoms with Crippen molar-refractivity contribution in [3.63, 3.8) is 0 Å². The Kier molecular flexibility index (Phi) is 3.99. The molecule has 0 unspecified atom stereocenters. The highest BCUT2D eigenvalue weighted by molar-refractivity contribution is 5.78. The van der Waals surface area contributed by atoms with E-state index in [0.717, 1.165) is 6.42 Å². The number of rotatable bonds is 3. The Hall–Kier alpha value is -1.82. The Labute approximate surface area is 110 Å². The number of aryl methyl sites for hydroxylation is 2. The Morgan fingerprint density at radius 2 is 1.67 bits per heavy atom. The van der Waals surface area contributed by atoms with Gasteiger partial charge in [0.2, 0.25) is 0 Å². The highest BCUT2D eigenvalue weighted by atomic mass is 14.1. The van der Waals surface area contributed by atoms with Crippen LogP contribution in [-0.2, 0) is 6.42 Å². The zero-order valence-electron chi connectivity index (χ0n) is 11.4. The van der Waals surface area contributed by atoms with Crippen molar-refractivity contribution >= 4 is 6.08 Å². The molecule has 0 saturated carbocycles. The maximum Gasteiger partial charge on any atom is -0.0106 e. The van der Waals surface area contributed by atoms with Crippen LogP contribution in [0.5, 0.6) is 0 Å². The van der Waals surface area contributed by atoms with Gasteiger partial charge >= 0.3 is 0 Å². The molecule has 2 aromatic carbocycles. The predicted molar refractivity (Wildman–Crippen MR) is 80.7 cm³/mol. The van der Waals surface area contributed by atoms with E-state index in [9.17, 15) is 0 Å². The van der Waals surface area contributed by atoms with E-state index in [1.807, 2.05) is 0 Å². The van der Waals surface area contributed by atoms with E-state index >= 15 is 0 Å². The van der Waals surface area contributed by atoms with Crippen molar-refractivity contribution in [1.29, 1.82) is 0 Å². The van der Waals surface area contributed by atoms with E-state index in [2.05, 4.69) is 75.4 Å². The Morgan fingerprint density at radius 3 is 2.39 bits per heavy atom. The smallest absolute Gasteiger partial charge is 0.0106 e. The van der Waals surface area contributed by atoms with Gasteiger partial charge < -0.3 is 0 Å². The molecule has 0 heterocycles. The standard InChI is InChI=1S/C18H20/c1-4-9-16-14(3)10-8-13-18(16)17-12-7-6-11-15(17)5-2/h4,6-13H,5H2,1-3H3. The molecule has 0 nitrogen and oxygen atoms in total. The second-order valence-electron chi connectivity index (χ2n) is 4.55. The summed E-state index contributed by atoms with van der Waals surface area (Å²) in [6.45, 7) is 6.46. The van der Waals surface area contributed by atoms with Gasteiger partial charge in [0.05, 0.1) is 0 Å². The summed E-state index contributed by atoms with van der Waals surface area (Å²) in [5.41, 5.74) is 6.77. The monoisotopic (exact) mass is 236 g/mol. The number of benzene rings is 2. The zero-order chi connectivity index (χ0) is 13.0. The van der Waals surface area contributed by atoms with Crippen LogP contribution in [0.3, 0.4) is 0 Å². The summed E-state index contributed by atoms with van der Waals surface area (Å²) in [6.07, 6.45) is 5.39. The summed E-state index contributed by atoms with van der Waals surface area (Å²) < 4.78 is 0. The molecule has 0 aliphatic heterocycles. The minimum absolute atomic E-state index is 1.07. The molecular formula is C18H20. The van der Waals surface area contributed by atoms with Crippen molar-refractivity contribution in [2.75, 3.05) is 0 Å². The van der Waals surface area contributed by atoms with Gasteiger partial charge in [-0.3, -0.25) is 0 Å². The van der Waals surface area contributed by atoms with Gasteiger partial charge in [-0.25, -0.2) is 0 Å². The molecule has 0 bridgehead atoms. The molecule has 0 saturated heterocycles. The van der Waals surface area contributed by atoms with E-state index in [1.165, 1.54) is 27.8 Å². The van der Waals surface area contributed by atoms with E-state index < -0.39 is 0 Å². The first-order valence-corrected chi connectivity index (χ1v) is 6.58.